The van der Waals surface area contributed by atoms with Crippen LogP contribution in [0.25, 0.3) is 84.9 Å². The van der Waals surface area contributed by atoms with Gasteiger partial charge in [-0.1, -0.05) is 0 Å². The van der Waals surface area contributed by atoms with Crippen molar-refractivity contribution < 1.29 is 21.2 Å². The number of rotatable bonds is 3. The molecule has 0 nitrogen and oxygen atoms in total. The molecule has 1 aliphatic rings. The summed E-state index contributed by atoms with van der Waals surface area (Å²) in [4.78, 5) is 0. The van der Waals surface area contributed by atoms with E-state index in [9.17, 15) is 0 Å². The first-order valence-corrected chi connectivity index (χ1v) is 18.9. The van der Waals surface area contributed by atoms with E-state index in [1.807, 2.05) is 22.7 Å². The Bertz CT molecular complexity index is 2510. The Balaban J connectivity index is 1.26. The maximum atomic E-state index is 2.45. The fraction of sp³-hybridized carbons (Fsp3) is 0. The molecule has 7 aromatic carbocycles. The SMILES string of the molecule is c1ccc2c(c1)[I-]c1c(-c3cc(-c4cccc5c4sc4ccccc45)cc(-c4cccc5c4sc4ccccc45)c3)cccc1-2. The van der Waals surface area contributed by atoms with E-state index in [0.29, 0.717) is 0 Å². The Kier molecular flexibility index (Phi) is 5.84. The van der Waals surface area contributed by atoms with E-state index in [1.165, 1.54) is 88.4 Å². The van der Waals surface area contributed by atoms with Gasteiger partial charge in [0.25, 0.3) is 0 Å². The fourth-order valence-electron chi connectivity index (χ4n) is 6.97. The van der Waals surface area contributed by atoms with Crippen LogP contribution in [0.5, 0.6) is 0 Å². The summed E-state index contributed by atoms with van der Waals surface area (Å²) in [5.41, 5.74) is 10.7. The van der Waals surface area contributed by atoms with Crippen LogP contribution in [0.3, 0.4) is 0 Å². The molecule has 3 heteroatoms. The number of fused-ring (bicyclic) bond motifs is 9. The molecular formula is C42H24IS2-. The molecule has 1 aliphatic heterocycles. The minimum atomic E-state index is -0.257. The van der Waals surface area contributed by atoms with Gasteiger partial charge in [-0.25, -0.2) is 0 Å². The zero-order valence-electron chi connectivity index (χ0n) is 24.1. The van der Waals surface area contributed by atoms with Crippen molar-refractivity contribution in [1.82, 2.24) is 0 Å². The standard InChI is InChI=1S/C42H24IS2/c1-4-19-37-31(10-1)34-16-7-13-28(40(34)43-37)25-22-26(29-14-8-17-35-32-11-2-5-20-38(32)44-41(29)35)24-27(23-25)30-15-9-18-36-33-12-3-6-21-39(33)45-42(30)36/h1-24H/q-1. The van der Waals surface area contributed by atoms with Crippen molar-refractivity contribution in [3.63, 3.8) is 0 Å². The van der Waals surface area contributed by atoms with Crippen LogP contribution in [-0.2, 0) is 0 Å². The van der Waals surface area contributed by atoms with Crippen molar-refractivity contribution in [1.29, 1.82) is 0 Å². The van der Waals surface area contributed by atoms with Crippen LogP contribution < -0.4 is 21.2 Å². The molecule has 2 aromatic heterocycles. The van der Waals surface area contributed by atoms with Crippen molar-refractivity contribution >= 4 is 63.0 Å². The molecule has 212 valence electrons. The summed E-state index contributed by atoms with van der Waals surface area (Å²) in [6, 6.07) is 54.6. The van der Waals surface area contributed by atoms with Gasteiger partial charge >= 0.3 is 281 Å². The molecule has 9 aromatic rings. The van der Waals surface area contributed by atoms with E-state index in [-0.39, 0.29) is 21.2 Å². The Morgan fingerprint density at radius 3 is 1.44 bits per heavy atom. The molecule has 0 saturated heterocycles. The predicted molar refractivity (Wildman–Crippen MR) is 191 cm³/mol. The minimum absolute atomic E-state index is 0.257. The van der Waals surface area contributed by atoms with Crippen molar-refractivity contribution in [2.24, 2.45) is 0 Å². The molecule has 0 fully saturated rings. The summed E-state index contributed by atoms with van der Waals surface area (Å²) >= 11 is 3.57. The normalized spacial score (nSPS) is 12.5. The van der Waals surface area contributed by atoms with E-state index < -0.39 is 0 Å². The van der Waals surface area contributed by atoms with Gasteiger partial charge in [0, 0.05) is 0 Å². The first kappa shape index (κ1) is 26.0. The zero-order chi connectivity index (χ0) is 29.5. The molecule has 3 heterocycles. The molecule has 10 rings (SSSR count). The van der Waals surface area contributed by atoms with Crippen LogP contribution in [-0.4, -0.2) is 0 Å². The quantitative estimate of drug-likeness (QED) is 0.160. The van der Waals surface area contributed by atoms with Crippen LogP contribution in [0.4, 0.5) is 0 Å². The number of halogens is 1. The van der Waals surface area contributed by atoms with Gasteiger partial charge in [-0.05, 0) is 0 Å². The van der Waals surface area contributed by atoms with Gasteiger partial charge in [-0.15, -0.1) is 0 Å². The van der Waals surface area contributed by atoms with Crippen molar-refractivity contribution in [3.8, 4) is 44.5 Å². The Morgan fingerprint density at radius 1 is 0.356 bits per heavy atom. The van der Waals surface area contributed by atoms with E-state index in [4.69, 9.17) is 0 Å². The zero-order valence-corrected chi connectivity index (χ0v) is 27.8. The molecule has 0 atom stereocenters. The van der Waals surface area contributed by atoms with Gasteiger partial charge in [0.1, 0.15) is 0 Å². The molecule has 0 saturated carbocycles. The molecule has 0 amide bonds. The number of benzene rings is 7. The molecule has 0 N–H and O–H groups in total. The van der Waals surface area contributed by atoms with Gasteiger partial charge in [-0.3, -0.25) is 0 Å². The average molecular weight is 720 g/mol. The second-order valence-corrected chi connectivity index (χ2v) is 16.5. The molecule has 0 unspecified atom stereocenters. The van der Waals surface area contributed by atoms with Crippen LogP contribution >= 0.6 is 22.7 Å². The van der Waals surface area contributed by atoms with Gasteiger partial charge < -0.3 is 0 Å². The summed E-state index contributed by atoms with van der Waals surface area (Å²) in [6.07, 6.45) is 0. The van der Waals surface area contributed by atoms with Crippen LogP contribution in [0.2, 0.25) is 0 Å². The Hall–Kier alpha value is -4.29. The topological polar surface area (TPSA) is 0 Å². The van der Waals surface area contributed by atoms with Gasteiger partial charge in [0.05, 0.1) is 0 Å². The van der Waals surface area contributed by atoms with Crippen LogP contribution in [0.1, 0.15) is 0 Å². The third kappa shape index (κ3) is 4.01. The van der Waals surface area contributed by atoms with Crippen molar-refractivity contribution in [2.75, 3.05) is 0 Å². The van der Waals surface area contributed by atoms with Gasteiger partial charge in [0.15, 0.2) is 0 Å². The number of hydrogen-bond donors (Lipinski definition) is 0. The molecule has 0 aliphatic carbocycles. The van der Waals surface area contributed by atoms with E-state index in [2.05, 4.69) is 146 Å². The third-order valence-corrected chi connectivity index (χ3v) is 14.7. The van der Waals surface area contributed by atoms with E-state index in [1.54, 1.807) is 3.57 Å². The molecule has 45 heavy (non-hydrogen) atoms. The Morgan fingerprint density at radius 2 is 0.800 bits per heavy atom. The molecule has 0 radical (unpaired) electrons. The third-order valence-electron chi connectivity index (χ3n) is 9.03. The average Bonchev–Trinajstić information content (AvgIpc) is 3.79. The first-order valence-electron chi connectivity index (χ1n) is 15.1. The van der Waals surface area contributed by atoms with E-state index in [0.717, 1.165) is 0 Å². The van der Waals surface area contributed by atoms with Gasteiger partial charge in [-0.2, -0.15) is 0 Å². The van der Waals surface area contributed by atoms with Crippen LogP contribution in [0.15, 0.2) is 146 Å². The first-order chi connectivity index (χ1) is 22.3. The van der Waals surface area contributed by atoms with Gasteiger partial charge in [0.2, 0.25) is 0 Å². The summed E-state index contributed by atoms with van der Waals surface area (Å²) in [6.45, 7) is 0. The summed E-state index contributed by atoms with van der Waals surface area (Å²) in [7, 11) is 0. The number of hydrogen-bond acceptors (Lipinski definition) is 2. The van der Waals surface area contributed by atoms with Crippen molar-refractivity contribution in [3.05, 3.63) is 153 Å². The summed E-state index contributed by atoms with van der Waals surface area (Å²) < 4.78 is 8.48. The second-order valence-electron chi connectivity index (χ2n) is 11.6. The van der Waals surface area contributed by atoms with Crippen LogP contribution in [0, 0.1) is 7.14 Å². The maximum absolute atomic E-state index is 2.45. The Labute approximate surface area is 279 Å². The summed E-state index contributed by atoms with van der Waals surface area (Å²) in [5, 5.41) is 5.37. The second kappa shape index (κ2) is 10.1. The van der Waals surface area contributed by atoms with E-state index >= 15 is 0 Å². The molecular weight excluding hydrogens is 696 g/mol. The summed E-state index contributed by atoms with van der Waals surface area (Å²) in [5.74, 6) is 0. The molecule has 0 spiro atoms. The molecule has 0 bridgehead atoms. The van der Waals surface area contributed by atoms with Crippen molar-refractivity contribution in [2.45, 2.75) is 0 Å². The monoisotopic (exact) mass is 719 g/mol. The predicted octanol–water partition coefficient (Wildman–Crippen LogP) is 9.53. The number of thiophene rings is 2. The fourth-order valence-corrected chi connectivity index (χ4v) is 12.7.